The number of carbonyl (C=O) groups is 1. The van der Waals surface area contributed by atoms with E-state index in [2.05, 4.69) is 25.9 Å². The molecule has 1 fully saturated rings. The smallest absolute Gasteiger partial charge is 0.316 e. The van der Waals surface area contributed by atoms with Crippen molar-refractivity contribution in [1.82, 2.24) is 14.9 Å². The number of hydrogen-bond donors (Lipinski definition) is 0. The summed E-state index contributed by atoms with van der Waals surface area (Å²) in [4.78, 5) is 22.4. The summed E-state index contributed by atoms with van der Waals surface area (Å²) in [6.45, 7) is 2.75. The maximum atomic E-state index is 13.7. The van der Waals surface area contributed by atoms with Crippen molar-refractivity contribution in [2.75, 3.05) is 13.1 Å². The Morgan fingerprint density at radius 3 is 2.83 bits per heavy atom. The highest BCUT2D eigenvalue weighted by Crippen LogP contribution is 2.19. The fourth-order valence-electron chi connectivity index (χ4n) is 2.64. The number of nitrogens with zero attached hydrogens (tertiary/aromatic N) is 3. The summed E-state index contributed by atoms with van der Waals surface area (Å²) in [5.74, 6) is -0.548. The van der Waals surface area contributed by atoms with E-state index in [1.54, 1.807) is 36.4 Å². The Morgan fingerprint density at radius 2 is 2.12 bits per heavy atom. The quantitative estimate of drug-likeness (QED) is 0.801. The molecule has 1 aliphatic rings. The van der Waals surface area contributed by atoms with Crippen LogP contribution in [0.1, 0.15) is 28.8 Å². The van der Waals surface area contributed by atoms with Crippen molar-refractivity contribution < 1.29 is 13.9 Å². The van der Waals surface area contributed by atoms with Crippen LogP contribution in [-0.4, -0.2) is 40.0 Å². The van der Waals surface area contributed by atoms with E-state index >= 15 is 0 Å². The predicted molar refractivity (Wildman–Crippen MR) is 90.4 cm³/mol. The largest absolute Gasteiger partial charge is 0.458 e. The molecule has 1 amide bonds. The summed E-state index contributed by atoms with van der Waals surface area (Å²) in [5.41, 5.74) is 0.887. The Bertz CT molecular complexity index is 739. The number of aromatic nitrogens is 2. The van der Waals surface area contributed by atoms with Gasteiger partial charge in [0, 0.05) is 24.5 Å². The van der Waals surface area contributed by atoms with Crippen LogP contribution >= 0.6 is 15.9 Å². The Morgan fingerprint density at radius 1 is 1.38 bits per heavy atom. The molecule has 1 saturated heterocycles. The van der Waals surface area contributed by atoms with Crippen molar-refractivity contribution in [2.45, 2.75) is 25.9 Å². The zero-order valence-electron chi connectivity index (χ0n) is 13.2. The van der Waals surface area contributed by atoms with Gasteiger partial charge in [-0.3, -0.25) is 4.79 Å². The number of hydrogen-bond acceptors (Lipinski definition) is 4. The average molecular weight is 394 g/mol. The summed E-state index contributed by atoms with van der Waals surface area (Å²) in [6, 6.07) is 4.86. The molecule has 3 rings (SSSR count). The first-order valence-electron chi connectivity index (χ1n) is 7.72. The highest BCUT2D eigenvalue weighted by Gasteiger charge is 2.26. The first-order chi connectivity index (χ1) is 11.5. The van der Waals surface area contributed by atoms with E-state index in [0.29, 0.717) is 30.2 Å². The van der Waals surface area contributed by atoms with E-state index in [-0.39, 0.29) is 17.8 Å². The van der Waals surface area contributed by atoms with Crippen LogP contribution in [0.5, 0.6) is 6.01 Å². The fraction of sp³-hybridized carbons (Fsp3) is 0.353. The van der Waals surface area contributed by atoms with E-state index in [1.807, 2.05) is 0 Å². The van der Waals surface area contributed by atoms with Gasteiger partial charge in [0.2, 0.25) is 0 Å². The molecule has 126 valence electrons. The SMILES string of the molecule is Cc1ccc(C(=O)N2CCC[C@@H](Oc3ncc(Br)cn3)C2)cc1F. The summed E-state index contributed by atoms with van der Waals surface area (Å²) < 4.78 is 20.2. The molecule has 0 unspecified atom stereocenters. The molecule has 1 aliphatic heterocycles. The zero-order valence-corrected chi connectivity index (χ0v) is 14.8. The van der Waals surface area contributed by atoms with Gasteiger partial charge >= 0.3 is 6.01 Å². The minimum Gasteiger partial charge on any atom is -0.458 e. The molecule has 0 spiro atoms. The molecule has 2 heterocycles. The lowest BCUT2D eigenvalue weighted by molar-refractivity contribution is 0.0515. The van der Waals surface area contributed by atoms with Crippen molar-refractivity contribution in [3.63, 3.8) is 0 Å². The zero-order chi connectivity index (χ0) is 17.1. The maximum absolute atomic E-state index is 13.7. The number of amides is 1. The summed E-state index contributed by atoms with van der Waals surface area (Å²) in [7, 11) is 0. The number of benzene rings is 1. The van der Waals surface area contributed by atoms with Gasteiger partial charge < -0.3 is 9.64 Å². The van der Waals surface area contributed by atoms with Crippen molar-refractivity contribution in [1.29, 1.82) is 0 Å². The van der Waals surface area contributed by atoms with Crippen LogP contribution in [-0.2, 0) is 0 Å². The molecule has 2 aromatic rings. The molecule has 0 saturated carbocycles. The first kappa shape index (κ1) is 16.8. The van der Waals surface area contributed by atoms with E-state index < -0.39 is 0 Å². The molecular formula is C17H17BrFN3O2. The summed E-state index contributed by atoms with van der Waals surface area (Å²) in [5, 5.41) is 0. The lowest BCUT2D eigenvalue weighted by Crippen LogP contribution is -2.44. The second-order valence-corrected chi connectivity index (χ2v) is 6.70. The maximum Gasteiger partial charge on any atom is 0.316 e. The lowest BCUT2D eigenvalue weighted by atomic mass is 10.1. The van der Waals surface area contributed by atoms with Gasteiger partial charge in [-0.15, -0.1) is 0 Å². The molecule has 0 aliphatic carbocycles. The van der Waals surface area contributed by atoms with Crippen molar-refractivity contribution >= 4 is 21.8 Å². The second-order valence-electron chi connectivity index (χ2n) is 5.78. The summed E-state index contributed by atoms with van der Waals surface area (Å²) in [6.07, 6.45) is 4.71. The standard InChI is InChI=1S/C17H17BrFN3O2/c1-11-4-5-12(7-15(11)19)16(23)22-6-2-3-14(10-22)24-17-20-8-13(18)9-21-17/h4-5,7-9,14H,2-3,6,10H2,1H3/t14-/m1/s1. The van der Waals surface area contributed by atoms with Gasteiger partial charge in [-0.2, -0.15) is 0 Å². The van der Waals surface area contributed by atoms with Crippen LogP contribution in [0, 0.1) is 12.7 Å². The molecule has 24 heavy (non-hydrogen) atoms. The lowest BCUT2D eigenvalue weighted by Gasteiger charge is -2.32. The molecule has 1 atom stereocenters. The molecule has 1 aromatic heterocycles. The van der Waals surface area contributed by atoms with Crippen molar-refractivity contribution in [3.05, 3.63) is 52.0 Å². The monoisotopic (exact) mass is 393 g/mol. The Hall–Kier alpha value is -2.02. The third-order valence-corrected chi connectivity index (χ3v) is 4.36. The molecule has 7 heteroatoms. The second kappa shape index (κ2) is 7.25. The van der Waals surface area contributed by atoms with Crippen molar-refractivity contribution in [2.24, 2.45) is 0 Å². The molecular weight excluding hydrogens is 377 g/mol. The number of aryl methyl sites for hydroxylation is 1. The van der Waals surface area contributed by atoms with Crippen LogP contribution in [0.4, 0.5) is 4.39 Å². The normalized spacial score (nSPS) is 17.6. The first-order valence-corrected chi connectivity index (χ1v) is 8.52. The highest BCUT2D eigenvalue weighted by atomic mass is 79.9. The highest BCUT2D eigenvalue weighted by molar-refractivity contribution is 9.10. The van der Waals surface area contributed by atoms with E-state index in [4.69, 9.17) is 4.74 Å². The van der Waals surface area contributed by atoms with E-state index in [0.717, 1.165) is 17.3 Å². The molecule has 0 N–H and O–H groups in total. The predicted octanol–water partition coefficient (Wildman–Crippen LogP) is 3.37. The molecule has 0 radical (unpaired) electrons. The number of carbonyl (C=O) groups excluding carboxylic acids is 1. The fourth-order valence-corrected chi connectivity index (χ4v) is 2.84. The average Bonchev–Trinajstić information content (AvgIpc) is 2.59. The van der Waals surface area contributed by atoms with Crippen LogP contribution in [0.3, 0.4) is 0 Å². The van der Waals surface area contributed by atoms with Gasteiger partial charge in [-0.1, -0.05) is 6.07 Å². The Kier molecular flexibility index (Phi) is 5.08. The Labute approximate surface area is 148 Å². The summed E-state index contributed by atoms with van der Waals surface area (Å²) >= 11 is 3.27. The minimum atomic E-state index is -0.367. The number of rotatable bonds is 3. The number of likely N-dealkylation sites (tertiary alicyclic amines) is 1. The van der Waals surface area contributed by atoms with E-state index in [9.17, 15) is 9.18 Å². The molecule has 0 bridgehead atoms. The topological polar surface area (TPSA) is 55.3 Å². The van der Waals surface area contributed by atoms with Crippen molar-refractivity contribution in [3.8, 4) is 6.01 Å². The van der Waals surface area contributed by atoms with Gasteiger partial charge in [-0.05, 0) is 53.4 Å². The van der Waals surface area contributed by atoms with Gasteiger partial charge in [0.05, 0.1) is 11.0 Å². The van der Waals surface area contributed by atoms with Gasteiger partial charge in [0.15, 0.2) is 0 Å². The number of halogens is 2. The van der Waals surface area contributed by atoms with Crippen LogP contribution < -0.4 is 4.74 Å². The van der Waals surface area contributed by atoms with Gasteiger partial charge in [0.1, 0.15) is 11.9 Å². The van der Waals surface area contributed by atoms with E-state index in [1.165, 1.54) is 6.07 Å². The minimum absolute atomic E-state index is 0.167. The van der Waals surface area contributed by atoms with Gasteiger partial charge in [-0.25, -0.2) is 14.4 Å². The molecule has 1 aromatic carbocycles. The van der Waals surface area contributed by atoms with Crippen LogP contribution in [0.15, 0.2) is 35.1 Å². The van der Waals surface area contributed by atoms with Gasteiger partial charge in [0.25, 0.3) is 5.91 Å². The molecule has 5 nitrogen and oxygen atoms in total. The van der Waals surface area contributed by atoms with Crippen LogP contribution in [0.25, 0.3) is 0 Å². The number of piperidine rings is 1. The van der Waals surface area contributed by atoms with Crippen LogP contribution in [0.2, 0.25) is 0 Å². The Balaban J connectivity index is 1.67. The third kappa shape index (κ3) is 3.90. The third-order valence-electron chi connectivity index (χ3n) is 3.95. The number of ether oxygens (including phenoxy) is 1.